The van der Waals surface area contributed by atoms with Gasteiger partial charge in [-0.25, -0.2) is 4.39 Å². The Kier molecular flexibility index (Phi) is 9.02. The summed E-state index contributed by atoms with van der Waals surface area (Å²) in [5.74, 6) is -0.318. The summed E-state index contributed by atoms with van der Waals surface area (Å²) >= 11 is 0. The number of anilines is 2. The highest BCUT2D eigenvalue weighted by molar-refractivity contribution is 6.01. The summed E-state index contributed by atoms with van der Waals surface area (Å²) in [4.78, 5) is 31.7. The third-order valence-electron chi connectivity index (χ3n) is 7.47. The van der Waals surface area contributed by atoms with E-state index in [0.29, 0.717) is 23.6 Å². The molecule has 0 spiro atoms. The Morgan fingerprint density at radius 3 is 2.43 bits per heavy atom. The minimum atomic E-state index is -1.10. The second kappa shape index (κ2) is 13.2. The number of nitrogens with zero attached hydrogens (tertiary/aromatic N) is 2. The van der Waals surface area contributed by atoms with Gasteiger partial charge in [-0.3, -0.25) is 14.5 Å². The van der Waals surface area contributed by atoms with Gasteiger partial charge in [-0.05, 0) is 59.5 Å². The van der Waals surface area contributed by atoms with Crippen molar-refractivity contribution >= 4 is 23.2 Å². The van der Waals surface area contributed by atoms with E-state index in [2.05, 4.69) is 22.3 Å². The molecule has 0 fully saturated rings. The number of halogens is 1. The molecule has 7 nitrogen and oxygen atoms in total. The molecule has 0 unspecified atom stereocenters. The summed E-state index contributed by atoms with van der Waals surface area (Å²) in [6, 6.07) is 27.4. The van der Waals surface area contributed by atoms with Gasteiger partial charge in [0.15, 0.2) is 11.5 Å². The molecule has 1 aliphatic rings. The number of carbonyl (C=O) groups excluding carboxylic acids is 2. The maximum Gasteiger partial charge on any atom is 0.248 e. The van der Waals surface area contributed by atoms with E-state index in [1.54, 1.807) is 24.3 Å². The average Bonchev–Trinajstić information content (AvgIpc) is 3.44. The fourth-order valence-corrected chi connectivity index (χ4v) is 5.38. The van der Waals surface area contributed by atoms with Crippen molar-refractivity contribution in [3.63, 3.8) is 0 Å². The molecule has 0 saturated carbocycles. The highest BCUT2D eigenvalue weighted by Gasteiger charge is 2.34. The standard InChI is InChI=1S/C34H34FN3O4/c1-41-30-16-15-26(21-31(30)42-2)33(34(40)36-23-24-9-4-3-5-10-24)38(28-13-8-12-27(35)22-28)32(39)18-20-37-19-17-25-11-6-7-14-29(25)37/h3-16,21-22,33H,17-20,23H2,1-2H3,(H,36,40)/t33-/m1/s1. The number of hydrogen-bond acceptors (Lipinski definition) is 5. The number of para-hydroxylation sites is 1. The van der Waals surface area contributed by atoms with Crippen molar-refractivity contribution in [2.24, 2.45) is 0 Å². The molecule has 1 heterocycles. The van der Waals surface area contributed by atoms with Crippen LogP contribution in [0, 0.1) is 5.82 Å². The second-order valence-electron chi connectivity index (χ2n) is 10.1. The highest BCUT2D eigenvalue weighted by Crippen LogP contribution is 2.35. The quantitative estimate of drug-likeness (QED) is 0.252. The summed E-state index contributed by atoms with van der Waals surface area (Å²) < 4.78 is 25.5. The van der Waals surface area contributed by atoms with Gasteiger partial charge in [-0.1, -0.05) is 60.7 Å². The summed E-state index contributed by atoms with van der Waals surface area (Å²) in [6.07, 6.45) is 1.04. The molecule has 0 aromatic heterocycles. The van der Waals surface area contributed by atoms with E-state index in [1.807, 2.05) is 42.5 Å². The summed E-state index contributed by atoms with van der Waals surface area (Å²) in [5, 5.41) is 2.98. The van der Waals surface area contributed by atoms with Gasteiger partial charge >= 0.3 is 0 Å². The Hall–Kier alpha value is -4.85. The first-order chi connectivity index (χ1) is 20.5. The summed E-state index contributed by atoms with van der Waals surface area (Å²) in [5.41, 5.74) is 4.06. The number of nitrogens with one attached hydrogen (secondary N) is 1. The average molecular weight is 568 g/mol. The minimum absolute atomic E-state index is 0.126. The minimum Gasteiger partial charge on any atom is -0.493 e. The number of carbonyl (C=O) groups is 2. The van der Waals surface area contributed by atoms with E-state index < -0.39 is 17.8 Å². The number of hydrogen-bond donors (Lipinski definition) is 1. The maximum absolute atomic E-state index is 14.6. The van der Waals surface area contributed by atoms with E-state index in [0.717, 1.165) is 24.2 Å². The predicted octanol–water partition coefficient (Wildman–Crippen LogP) is 5.69. The molecule has 42 heavy (non-hydrogen) atoms. The molecule has 0 aliphatic carbocycles. The monoisotopic (exact) mass is 567 g/mol. The molecule has 1 aliphatic heterocycles. The van der Waals surface area contributed by atoms with Crippen LogP contribution in [-0.2, 0) is 22.6 Å². The molecule has 0 saturated heterocycles. The first-order valence-electron chi connectivity index (χ1n) is 13.9. The van der Waals surface area contributed by atoms with Crippen LogP contribution in [-0.4, -0.2) is 39.1 Å². The van der Waals surface area contributed by atoms with E-state index >= 15 is 0 Å². The van der Waals surface area contributed by atoms with Crippen LogP contribution < -0.4 is 24.6 Å². The number of benzene rings is 4. The number of amides is 2. The van der Waals surface area contributed by atoms with Crippen LogP contribution >= 0.6 is 0 Å². The molecule has 1 N–H and O–H groups in total. The van der Waals surface area contributed by atoms with Crippen LogP contribution in [0.1, 0.15) is 29.2 Å². The third-order valence-corrected chi connectivity index (χ3v) is 7.47. The van der Waals surface area contributed by atoms with Gasteiger partial charge in [-0.2, -0.15) is 0 Å². The highest BCUT2D eigenvalue weighted by atomic mass is 19.1. The SMILES string of the molecule is COc1ccc([C@H](C(=O)NCc2ccccc2)N(C(=O)CCN2CCc3ccccc32)c2cccc(F)c2)cc1OC. The lowest BCUT2D eigenvalue weighted by Crippen LogP contribution is -2.44. The molecule has 8 heteroatoms. The van der Waals surface area contributed by atoms with E-state index in [9.17, 15) is 14.0 Å². The topological polar surface area (TPSA) is 71.1 Å². The molecule has 5 rings (SSSR count). The Morgan fingerprint density at radius 2 is 1.67 bits per heavy atom. The van der Waals surface area contributed by atoms with Gasteiger partial charge in [0.25, 0.3) is 0 Å². The van der Waals surface area contributed by atoms with Gasteiger partial charge in [-0.15, -0.1) is 0 Å². The van der Waals surface area contributed by atoms with Crippen LogP contribution in [0.4, 0.5) is 15.8 Å². The molecule has 0 radical (unpaired) electrons. The van der Waals surface area contributed by atoms with Crippen LogP contribution in [0.15, 0.2) is 97.1 Å². The maximum atomic E-state index is 14.6. The van der Waals surface area contributed by atoms with Gasteiger partial charge in [0.1, 0.15) is 11.9 Å². The van der Waals surface area contributed by atoms with Crippen molar-refractivity contribution in [1.29, 1.82) is 0 Å². The molecule has 216 valence electrons. The largest absolute Gasteiger partial charge is 0.493 e. The van der Waals surface area contributed by atoms with Crippen molar-refractivity contribution < 1.29 is 23.5 Å². The summed E-state index contributed by atoms with van der Waals surface area (Å²) in [6.45, 7) is 1.54. The van der Waals surface area contributed by atoms with Crippen molar-refractivity contribution in [3.05, 3.63) is 120 Å². The zero-order valence-electron chi connectivity index (χ0n) is 23.8. The van der Waals surface area contributed by atoms with Crippen molar-refractivity contribution in [1.82, 2.24) is 5.32 Å². The lowest BCUT2D eigenvalue weighted by Gasteiger charge is -2.32. The molecule has 2 amide bonds. The van der Waals surface area contributed by atoms with Crippen molar-refractivity contribution in [2.75, 3.05) is 37.1 Å². The number of methoxy groups -OCH3 is 2. The lowest BCUT2D eigenvalue weighted by atomic mass is 10.0. The molecule has 0 bridgehead atoms. The molecule has 1 atom stereocenters. The van der Waals surface area contributed by atoms with Crippen LogP contribution in [0.2, 0.25) is 0 Å². The van der Waals surface area contributed by atoms with Crippen LogP contribution in [0.25, 0.3) is 0 Å². The number of rotatable bonds is 11. The Morgan fingerprint density at radius 1 is 0.905 bits per heavy atom. The Labute approximate surface area is 245 Å². The molecular weight excluding hydrogens is 533 g/mol. The fraction of sp³-hybridized carbons (Fsp3) is 0.235. The van der Waals surface area contributed by atoms with E-state index in [-0.39, 0.29) is 24.6 Å². The lowest BCUT2D eigenvalue weighted by molar-refractivity contribution is -0.126. The Bertz CT molecular complexity index is 1550. The van der Waals surface area contributed by atoms with Crippen LogP contribution in [0.5, 0.6) is 11.5 Å². The number of fused-ring (bicyclic) bond motifs is 1. The van der Waals surface area contributed by atoms with Gasteiger partial charge < -0.3 is 19.7 Å². The Balaban J connectivity index is 1.51. The van der Waals surface area contributed by atoms with Gasteiger partial charge in [0.05, 0.1) is 14.2 Å². The molecule has 4 aromatic carbocycles. The van der Waals surface area contributed by atoms with Crippen LogP contribution in [0.3, 0.4) is 0 Å². The fourth-order valence-electron chi connectivity index (χ4n) is 5.38. The van der Waals surface area contributed by atoms with Gasteiger partial charge in [0.2, 0.25) is 11.8 Å². The molecule has 4 aromatic rings. The van der Waals surface area contributed by atoms with E-state index in [1.165, 1.54) is 42.9 Å². The normalized spacial score (nSPS) is 12.8. The summed E-state index contributed by atoms with van der Waals surface area (Å²) in [7, 11) is 3.04. The first-order valence-corrected chi connectivity index (χ1v) is 13.9. The molecular formula is C34H34FN3O4. The van der Waals surface area contributed by atoms with Crippen molar-refractivity contribution in [3.8, 4) is 11.5 Å². The third kappa shape index (κ3) is 6.38. The predicted molar refractivity (Wildman–Crippen MR) is 161 cm³/mol. The smallest absolute Gasteiger partial charge is 0.248 e. The zero-order valence-corrected chi connectivity index (χ0v) is 23.8. The van der Waals surface area contributed by atoms with Crippen molar-refractivity contribution in [2.45, 2.75) is 25.4 Å². The number of ether oxygens (including phenoxy) is 2. The van der Waals surface area contributed by atoms with Gasteiger partial charge in [0, 0.05) is 37.4 Å². The second-order valence-corrected chi connectivity index (χ2v) is 10.1. The zero-order chi connectivity index (χ0) is 29.5. The first kappa shape index (κ1) is 28.7. The van der Waals surface area contributed by atoms with E-state index in [4.69, 9.17) is 9.47 Å².